The smallest absolute Gasteiger partial charge is 0.231 e. The normalized spacial score (nSPS) is 12.3. The zero-order valence-electron chi connectivity index (χ0n) is 12.0. The first-order valence-corrected chi connectivity index (χ1v) is 6.91. The average molecular weight is 288 g/mol. The van der Waals surface area contributed by atoms with Crippen molar-refractivity contribution in [2.45, 2.75) is 33.3 Å². The molecule has 19 heavy (non-hydrogen) atoms. The molecule has 1 rings (SSSR count). The molecule has 0 saturated carbocycles. The first-order valence-electron chi connectivity index (χ1n) is 6.53. The van der Waals surface area contributed by atoms with E-state index in [0.717, 1.165) is 13.1 Å². The largest absolute Gasteiger partial charge is 0.393 e. The summed E-state index contributed by atoms with van der Waals surface area (Å²) in [6.07, 6.45) is 0.308. The third kappa shape index (κ3) is 4.80. The van der Waals surface area contributed by atoms with E-state index in [1.54, 1.807) is 6.92 Å². The van der Waals surface area contributed by atoms with Gasteiger partial charge in [0.25, 0.3) is 0 Å². The number of rotatable bonds is 7. The number of aromatic nitrogens is 3. The van der Waals surface area contributed by atoms with Gasteiger partial charge in [-0.2, -0.15) is 15.0 Å². The van der Waals surface area contributed by atoms with Crippen molar-refractivity contribution in [3.63, 3.8) is 0 Å². The van der Waals surface area contributed by atoms with E-state index in [1.165, 1.54) is 0 Å². The third-order valence-electron chi connectivity index (χ3n) is 2.85. The van der Waals surface area contributed by atoms with E-state index in [4.69, 9.17) is 11.6 Å². The monoisotopic (exact) mass is 287 g/mol. The Morgan fingerprint density at radius 1 is 1.16 bits per heavy atom. The van der Waals surface area contributed by atoms with Crippen LogP contribution in [0.25, 0.3) is 0 Å². The highest BCUT2D eigenvalue weighted by molar-refractivity contribution is 6.28. The van der Waals surface area contributed by atoms with Gasteiger partial charge in [0.2, 0.25) is 17.2 Å². The Bertz CT molecular complexity index is 398. The maximum Gasteiger partial charge on any atom is 0.231 e. The Hall–Kier alpha value is -1.14. The molecule has 0 fully saturated rings. The van der Waals surface area contributed by atoms with Crippen molar-refractivity contribution in [3.8, 4) is 0 Å². The van der Waals surface area contributed by atoms with Crippen molar-refractivity contribution >= 4 is 23.5 Å². The molecule has 1 heterocycles. The molecule has 0 saturated heterocycles. The first-order chi connectivity index (χ1) is 8.97. The molecule has 0 bridgehead atoms. The highest BCUT2D eigenvalue weighted by Crippen LogP contribution is 2.16. The minimum absolute atomic E-state index is 0.191. The fourth-order valence-corrected chi connectivity index (χ4v) is 1.78. The van der Waals surface area contributed by atoms with Crippen molar-refractivity contribution in [3.05, 3.63) is 5.28 Å². The van der Waals surface area contributed by atoms with Gasteiger partial charge < -0.3 is 14.9 Å². The number of hydrogen-bond donors (Lipinski definition) is 1. The van der Waals surface area contributed by atoms with E-state index >= 15 is 0 Å². The van der Waals surface area contributed by atoms with Gasteiger partial charge in [-0.15, -0.1) is 0 Å². The zero-order valence-corrected chi connectivity index (χ0v) is 12.7. The van der Waals surface area contributed by atoms with Gasteiger partial charge in [0, 0.05) is 26.7 Å². The van der Waals surface area contributed by atoms with Crippen molar-refractivity contribution in [1.29, 1.82) is 0 Å². The lowest BCUT2D eigenvalue weighted by Gasteiger charge is -2.22. The van der Waals surface area contributed by atoms with Crippen LogP contribution in [-0.4, -0.2) is 52.8 Å². The van der Waals surface area contributed by atoms with Gasteiger partial charge in [0.05, 0.1) is 6.10 Å². The Kier molecular flexibility index (Phi) is 6.24. The fourth-order valence-electron chi connectivity index (χ4n) is 1.63. The molecule has 1 aromatic rings. The molecule has 7 heteroatoms. The number of nitrogens with zero attached hydrogens (tertiary/aromatic N) is 5. The van der Waals surface area contributed by atoms with E-state index in [9.17, 15) is 5.11 Å². The minimum atomic E-state index is -0.345. The Morgan fingerprint density at radius 3 is 2.26 bits per heavy atom. The third-order valence-corrected chi connectivity index (χ3v) is 3.02. The van der Waals surface area contributed by atoms with Gasteiger partial charge in [-0.05, 0) is 38.8 Å². The Balaban J connectivity index is 2.89. The highest BCUT2D eigenvalue weighted by Gasteiger charge is 2.13. The van der Waals surface area contributed by atoms with Crippen LogP contribution in [0, 0.1) is 0 Å². The first kappa shape index (κ1) is 15.9. The summed E-state index contributed by atoms with van der Waals surface area (Å²) < 4.78 is 0. The van der Waals surface area contributed by atoms with E-state index < -0.39 is 0 Å². The molecular formula is C12H22ClN5O. The summed E-state index contributed by atoms with van der Waals surface area (Å²) in [5.41, 5.74) is 0. The lowest BCUT2D eigenvalue weighted by atomic mass is 10.3. The summed E-state index contributed by atoms with van der Waals surface area (Å²) in [7, 11) is 1.88. The molecule has 0 spiro atoms. The predicted molar refractivity (Wildman–Crippen MR) is 78.0 cm³/mol. The van der Waals surface area contributed by atoms with Crippen LogP contribution in [0.4, 0.5) is 11.9 Å². The SMILES string of the molecule is CCN(CC)c1nc(Cl)nc(N(C)CCC(C)O)n1. The molecule has 1 atom stereocenters. The van der Waals surface area contributed by atoms with Crippen LogP contribution in [-0.2, 0) is 0 Å². The summed E-state index contributed by atoms with van der Waals surface area (Å²) in [6.45, 7) is 8.13. The average Bonchev–Trinajstić information content (AvgIpc) is 2.36. The van der Waals surface area contributed by atoms with Crippen LogP contribution in [0.2, 0.25) is 5.28 Å². The maximum absolute atomic E-state index is 9.31. The van der Waals surface area contributed by atoms with Crippen molar-refractivity contribution < 1.29 is 5.11 Å². The van der Waals surface area contributed by atoms with Crippen LogP contribution in [0.5, 0.6) is 0 Å². The summed E-state index contributed by atoms with van der Waals surface area (Å²) >= 11 is 5.95. The second-order valence-corrected chi connectivity index (χ2v) is 4.77. The fraction of sp³-hybridized carbons (Fsp3) is 0.750. The molecule has 0 aromatic carbocycles. The van der Waals surface area contributed by atoms with E-state index in [-0.39, 0.29) is 11.4 Å². The number of aliphatic hydroxyl groups is 1. The van der Waals surface area contributed by atoms with Crippen LogP contribution in [0.15, 0.2) is 0 Å². The summed E-state index contributed by atoms with van der Waals surface area (Å²) in [6, 6.07) is 0. The van der Waals surface area contributed by atoms with Gasteiger partial charge in [-0.1, -0.05) is 0 Å². The predicted octanol–water partition coefficient (Wildman–Crippen LogP) is 1.58. The molecule has 1 aromatic heterocycles. The summed E-state index contributed by atoms with van der Waals surface area (Å²) in [5.74, 6) is 1.12. The lowest BCUT2D eigenvalue weighted by Crippen LogP contribution is -2.28. The minimum Gasteiger partial charge on any atom is -0.393 e. The van der Waals surface area contributed by atoms with Gasteiger partial charge in [-0.3, -0.25) is 0 Å². The number of hydrogen-bond acceptors (Lipinski definition) is 6. The molecule has 1 N–H and O–H groups in total. The van der Waals surface area contributed by atoms with Crippen LogP contribution in [0.1, 0.15) is 27.2 Å². The molecule has 6 nitrogen and oxygen atoms in total. The molecule has 0 aliphatic heterocycles. The second-order valence-electron chi connectivity index (χ2n) is 4.44. The lowest BCUT2D eigenvalue weighted by molar-refractivity contribution is 0.186. The highest BCUT2D eigenvalue weighted by atomic mass is 35.5. The Labute approximate surface area is 119 Å². The molecule has 0 aliphatic carbocycles. The molecule has 108 valence electrons. The van der Waals surface area contributed by atoms with Gasteiger partial charge in [0.1, 0.15) is 0 Å². The number of halogens is 1. The standard InChI is InChI=1S/C12H22ClN5O/c1-5-18(6-2)12-15-10(13)14-11(16-12)17(4)8-7-9(3)19/h9,19H,5-8H2,1-4H3. The second kappa shape index (κ2) is 7.45. The van der Waals surface area contributed by atoms with Crippen LogP contribution in [0.3, 0.4) is 0 Å². The van der Waals surface area contributed by atoms with E-state index in [2.05, 4.69) is 15.0 Å². The van der Waals surface area contributed by atoms with Crippen molar-refractivity contribution in [1.82, 2.24) is 15.0 Å². The van der Waals surface area contributed by atoms with Crippen LogP contribution < -0.4 is 9.80 Å². The molecule has 0 aliphatic rings. The van der Waals surface area contributed by atoms with Crippen molar-refractivity contribution in [2.24, 2.45) is 0 Å². The molecule has 0 amide bonds. The summed E-state index contributed by atoms with van der Waals surface area (Å²) in [4.78, 5) is 16.6. The van der Waals surface area contributed by atoms with E-state index in [1.807, 2.05) is 30.7 Å². The van der Waals surface area contributed by atoms with Gasteiger partial charge in [0.15, 0.2) is 0 Å². The molecule has 1 unspecified atom stereocenters. The van der Waals surface area contributed by atoms with Crippen molar-refractivity contribution in [2.75, 3.05) is 36.5 Å². The van der Waals surface area contributed by atoms with Gasteiger partial charge >= 0.3 is 0 Å². The summed E-state index contributed by atoms with van der Waals surface area (Å²) in [5, 5.41) is 9.50. The van der Waals surface area contributed by atoms with Crippen LogP contribution >= 0.6 is 11.6 Å². The quantitative estimate of drug-likeness (QED) is 0.821. The zero-order chi connectivity index (χ0) is 14.4. The maximum atomic E-state index is 9.31. The number of anilines is 2. The van der Waals surface area contributed by atoms with E-state index in [0.29, 0.717) is 24.9 Å². The topological polar surface area (TPSA) is 65.4 Å². The molecular weight excluding hydrogens is 266 g/mol. The Morgan fingerprint density at radius 2 is 1.74 bits per heavy atom. The molecule has 0 radical (unpaired) electrons. The van der Waals surface area contributed by atoms with Gasteiger partial charge in [-0.25, -0.2) is 0 Å². The number of aliphatic hydroxyl groups excluding tert-OH is 1.